The highest BCUT2D eigenvalue weighted by Gasteiger charge is 2.30. The number of methoxy groups -OCH3 is 1. The Balaban J connectivity index is 1.56. The number of hydrogen-bond acceptors (Lipinski definition) is 4. The number of nitrogens with one attached hydrogen (secondary N) is 1. The number of rotatable bonds is 4. The molecule has 0 amide bonds. The predicted molar refractivity (Wildman–Crippen MR) is 106 cm³/mol. The van der Waals surface area contributed by atoms with Crippen molar-refractivity contribution in [1.82, 2.24) is 14.9 Å². The van der Waals surface area contributed by atoms with Crippen molar-refractivity contribution in [2.24, 2.45) is 0 Å². The van der Waals surface area contributed by atoms with Gasteiger partial charge in [-0.25, -0.2) is 4.98 Å². The summed E-state index contributed by atoms with van der Waals surface area (Å²) >= 11 is 0. The summed E-state index contributed by atoms with van der Waals surface area (Å²) in [5, 5.41) is 0. The van der Waals surface area contributed by atoms with Crippen LogP contribution in [0.5, 0.6) is 5.75 Å². The normalized spacial score (nSPS) is 14.4. The van der Waals surface area contributed by atoms with E-state index < -0.39 is 11.7 Å². The van der Waals surface area contributed by atoms with Crippen LogP contribution < -0.4 is 10.3 Å². The quantitative estimate of drug-likeness (QED) is 0.699. The molecule has 2 aromatic carbocycles. The van der Waals surface area contributed by atoms with E-state index in [0.717, 1.165) is 30.0 Å². The number of fused-ring (bicyclic) bond motifs is 1. The lowest BCUT2D eigenvalue weighted by Crippen LogP contribution is -2.35. The van der Waals surface area contributed by atoms with Crippen molar-refractivity contribution >= 4 is 0 Å². The average Bonchev–Trinajstić information content (AvgIpc) is 2.73. The lowest BCUT2D eigenvalue weighted by Gasteiger charge is -2.27. The molecule has 1 N–H and O–H groups in total. The SMILES string of the molecule is COc1ccc(CN2CCc3c(nc(-c4ccc(C(F)(F)F)cc4)[nH]c3=O)C2)cc1. The van der Waals surface area contributed by atoms with Crippen LogP contribution in [0.2, 0.25) is 0 Å². The molecular weight excluding hydrogens is 395 g/mol. The number of H-pyrrole nitrogens is 1. The molecule has 3 aromatic rings. The van der Waals surface area contributed by atoms with Crippen LogP contribution in [-0.2, 0) is 25.7 Å². The summed E-state index contributed by atoms with van der Waals surface area (Å²) in [4.78, 5) is 22.0. The fraction of sp³-hybridized carbons (Fsp3) is 0.273. The monoisotopic (exact) mass is 415 g/mol. The molecule has 0 spiro atoms. The summed E-state index contributed by atoms with van der Waals surface area (Å²) in [6.45, 7) is 1.93. The largest absolute Gasteiger partial charge is 0.497 e. The van der Waals surface area contributed by atoms with E-state index in [-0.39, 0.29) is 11.4 Å². The zero-order valence-corrected chi connectivity index (χ0v) is 16.3. The lowest BCUT2D eigenvalue weighted by atomic mass is 10.0. The summed E-state index contributed by atoms with van der Waals surface area (Å²) in [6, 6.07) is 12.4. The van der Waals surface area contributed by atoms with Gasteiger partial charge in [0.2, 0.25) is 0 Å². The Bertz CT molecular complexity index is 1090. The molecule has 4 rings (SSSR count). The maximum absolute atomic E-state index is 12.8. The number of ether oxygens (including phenoxy) is 1. The molecule has 8 heteroatoms. The van der Waals surface area contributed by atoms with E-state index in [0.29, 0.717) is 36.3 Å². The van der Waals surface area contributed by atoms with Gasteiger partial charge in [0.05, 0.1) is 18.4 Å². The number of aromatic nitrogens is 2. The Kier molecular flexibility index (Phi) is 5.34. The van der Waals surface area contributed by atoms with Crippen LogP contribution >= 0.6 is 0 Å². The first-order valence-electron chi connectivity index (χ1n) is 9.48. The van der Waals surface area contributed by atoms with Gasteiger partial charge in [-0.05, 0) is 36.2 Å². The molecule has 0 atom stereocenters. The van der Waals surface area contributed by atoms with Crippen molar-refractivity contribution in [3.05, 3.63) is 81.3 Å². The van der Waals surface area contributed by atoms with Crippen LogP contribution in [0.15, 0.2) is 53.3 Å². The highest BCUT2D eigenvalue weighted by atomic mass is 19.4. The summed E-state index contributed by atoms with van der Waals surface area (Å²) in [6.07, 6.45) is -3.84. The second-order valence-electron chi connectivity index (χ2n) is 7.22. The smallest absolute Gasteiger partial charge is 0.416 e. The fourth-order valence-corrected chi connectivity index (χ4v) is 3.57. The molecule has 5 nitrogen and oxygen atoms in total. The number of aromatic amines is 1. The Morgan fingerprint density at radius 1 is 1.10 bits per heavy atom. The van der Waals surface area contributed by atoms with Crippen LogP contribution in [0.25, 0.3) is 11.4 Å². The van der Waals surface area contributed by atoms with E-state index >= 15 is 0 Å². The van der Waals surface area contributed by atoms with Crippen molar-refractivity contribution in [2.45, 2.75) is 25.7 Å². The summed E-state index contributed by atoms with van der Waals surface area (Å²) in [7, 11) is 1.62. The Morgan fingerprint density at radius 2 is 1.80 bits per heavy atom. The molecule has 1 aliphatic heterocycles. The highest BCUT2D eigenvalue weighted by molar-refractivity contribution is 5.56. The van der Waals surface area contributed by atoms with Crippen molar-refractivity contribution in [3.63, 3.8) is 0 Å². The first-order chi connectivity index (χ1) is 14.3. The van der Waals surface area contributed by atoms with Gasteiger partial charge < -0.3 is 9.72 Å². The predicted octanol–water partition coefficient (Wildman–Crippen LogP) is 4.02. The van der Waals surface area contributed by atoms with E-state index in [2.05, 4.69) is 14.9 Å². The van der Waals surface area contributed by atoms with E-state index in [1.165, 1.54) is 12.1 Å². The molecule has 1 aliphatic rings. The van der Waals surface area contributed by atoms with Gasteiger partial charge in [0.15, 0.2) is 0 Å². The molecule has 2 heterocycles. The molecule has 0 saturated carbocycles. The molecule has 30 heavy (non-hydrogen) atoms. The van der Waals surface area contributed by atoms with Gasteiger partial charge in [0, 0.05) is 30.8 Å². The van der Waals surface area contributed by atoms with E-state index in [1.54, 1.807) is 7.11 Å². The third-order valence-electron chi connectivity index (χ3n) is 5.20. The van der Waals surface area contributed by atoms with Gasteiger partial charge in [0.25, 0.3) is 5.56 Å². The number of hydrogen-bond donors (Lipinski definition) is 1. The molecule has 0 fully saturated rings. The van der Waals surface area contributed by atoms with Crippen LogP contribution in [0.3, 0.4) is 0 Å². The molecule has 0 aliphatic carbocycles. The zero-order valence-electron chi connectivity index (χ0n) is 16.3. The lowest BCUT2D eigenvalue weighted by molar-refractivity contribution is -0.137. The molecule has 0 radical (unpaired) electrons. The molecular formula is C22H20F3N3O2. The van der Waals surface area contributed by atoms with Crippen molar-refractivity contribution in [1.29, 1.82) is 0 Å². The van der Waals surface area contributed by atoms with Crippen molar-refractivity contribution < 1.29 is 17.9 Å². The third-order valence-corrected chi connectivity index (χ3v) is 5.20. The van der Waals surface area contributed by atoms with Crippen molar-refractivity contribution in [3.8, 4) is 17.1 Å². The van der Waals surface area contributed by atoms with E-state index in [4.69, 9.17) is 4.74 Å². The number of halogens is 3. The molecule has 156 valence electrons. The fourth-order valence-electron chi connectivity index (χ4n) is 3.57. The number of alkyl halides is 3. The van der Waals surface area contributed by atoms with Crippen LogP contribution in [0.4, 0.5) is 13.2 Å². The van der Waals surface area contributed by atoms with Crippen LogP contribution in [-0.4, -0.2) is 28.5 Å². The highest BCUT2D eigenvalue weighted by Crippen LogP contribution is 2.30. The van der Waals surface area contributed by atoms with E-state index in [9.17, 15) is 18.0 Å². The van der Waals surface area contributed by atoms with E-state index in [1.807, 2.05) is 24.3 Å². The van der Waals surface area contributed by atoms with Gasteiger partial charge in [-0.15, -0.1) is 0 Å². The van der Waals surface area contributed by atoms with Gasteiger partial charge in [-0.1, -0.05) is 24.3 Å². The van der Waals surface area contributed by atoms with Gasteiger partial charge in [0.1, 0.15) is 11.6 Å². The maximum atomic E-state index is 12.8. The second-order valence-corrected chi connectivity index (χ2v) is 7.22. The number of nitrogens with zero attached hydrogens (tertiary/aromatic N) is 2. The minimum absolute atomic E-state index is 0.237. The standard InChI is InChI=1S/C22H20F3N3O2/c1-30-17-8-2-14(3-9-17)12-28-11-10-18-19(13-28)26-20(27-21(18)29)15-4-6-16(7-5-15)22(23,24)25/h2-9H,10-13H2,1H3,(H,26,27,29). The summed E-state index contributed by atoms with van der Waals surface area (Å²) in [5.41, 5.74) is 1.88. The molecule has 1 aromatic heterocycles. The zero-order chi connectivity index (χ0) is 21.3. The third kappa shape index (κ3) is 4.23. The van der Waals surface area contributed by atoms with Crippen LogP contribution in [0, 0.1) is 0 Å². The second kappa shape index (κ2) is 7.95. The maximum Gasteiger partial charge on any atom is 0.416 e. The molecule has 0 unspecified atom stereocenters. The molecule has 0 saturated heterocycles. The Labute approximate surface area is 171 Å². The Hall–Kier alpha value is -3.13. The first-order valence-corrected chi connectivity index (χ1v) is 9.48. The Morgan fingerprint density at radius 3 is 2.43 bits per heavy atom. The minimum atomic E-state index is -4.41. The van der Waals surface area contributed by atoms with Gasteiger partial charge in [-0.3, -0.25) is 9.69 Å². The number of benzene rings is 2. The van der Waals surface area contributed by atoms with Gasteiger partial charge >= 0.3 is 6.18 Å². The summed E-state index contributed by atoms with van der Waals surface area (Å²) < 4.78 is 43.5. The topological polar surface area (TPSA) is 58.2 Å². The first kappa shape index (κ1) is 20.2. The van der Waals surface area contributed by atoms with Crippen molar-refractivity contribution in [2.75, 3.05) is 13.7 Å². The average molecular weight is 415 g/mol. The van der Waals surface area contributed by atoms with Gasteiger partial charge in [-0.2, -0.15) is 13.2 Å². The minimum Gasteiger partial charge on any atom is -0.497 e. The summed E-state index contributed by atoms with van der Waals surface area (Å²) in [5.74, 6) is 1.07. The van der Waals surface area contributed by atoms with Crippen LogP contribution in [0.1, 0.15) is 22.4 Å². The molecule has 0 bridgehead atoms.